The van der Waals surface area contributed by atoms with Crippen LogP contribution in [0, 0.1) is 0 Å². The first-order chi connectivity index (χ1) is 5.36. The Hall–Kier alpha value is -1.31. The first-order valence-electron chi connectivity index (χ1n) is 3.77. The molecule has 2 rings (SSSR count). The number of pyridine rings is 1. The third-order valence-electron chi connectivity index (χ3n) is 1.92. The van der Waals surface area contributed by atoms with Crippen molar-refractivity contribution in [2.24, 2.45) is 0 Å². The second-order valence-electron chi connectivity index (χ2n) is 2.75. The third kappa shape index (κ3) is 1.11. The predicted octanol–water partition coefficient (Wildman–Crippen LogP) is 1.62. The van der Waals surface area contributed by atoms with E-state index in [-0.39, 0.29) is 0 Å². The number of nitrogen functional groups attached to an aromatic ring is 1. The van der Waals surface area contributed by atoms with Crippen molar-refractivity contribution in [1.82, 2.24) is 4.98 Å². The molecule has 0 aromatic carbocycles. The fraction of sp³-hybridized carbons (Fsp3) is 0.222. The molecule has 0 bridgehead atoms. The number of fused-ring (bicyclic) bond motifs is 1. The van der Waals surface area contributed by atoms with Crippen molar-refractivity contribution in [2.75, 3.05) is 5.73 Å². The molecule has 1 aliphatic rings. The van der Waals surface area contributed by atoms with Crippen LogP contribution in [0.5, 0.6) is 0 Å². The van der Waals surface area contributed by atoms with Gasteiger partial charge in [0.15, 0.2) is 0 Å². The smallest absolute Gasteiger partial charge is 0.123 e. The second kappa shape index (κ2) is 2.38. The predicted molar refractivity (Wildman–Crippen MR) is 46.0 cm³/mol. The van der Waals surface area contributed by atoms with Gasteiger partial charge in [0.1, 0.15) is 5.82 Å². The molecule has 2 N–H and O–H groups in total. The van der Waals surface area contributed by atoms with Crippen LogP contribution in [0.4, 0.5) is 5.82 Å². The molecule has 0 amide bonds. The van der Waals surface area contributed by atoms with Gasteiger partial charge in [0.25, 0.3) is 0 Å². The lowest BCUT2D eigenvalue weighted by Crippen LogP contribution is -1.98. The highest BCUT2D eigenvalue weighted by atomic mass is 14.8. The number of aryl methyl sites for hydroxylation is 1. The molecule has 0 radical (unpaired) electrons. The van der Waals surface area contributed by atoms with Crippen LogP contribution in [-0.4, -0.2) is 4.98 Å². The van der Waals surface area contributed by atoms with Gasteiger partial charge in [-0.25, -0.2) is 4.98 Å². The number of aromatic nitrogens is 1. The van der Waals surface area contributed by atoms with Crippen molar-refractivity contribution in [3.63, 3.8) is 0 Å². The molecule has 0 saturated heterocycles. The molecule has 0 fully saturated rings. The van der Waals surface area contributed by atoms with Crippen molar-refractivity contribution in [1.29, 1.82) is 0 Å². The Kier molecular flexibility index (Phi) is 1.39. The van der Waals surface area contributed by atoms with Gasteiger partial charge < -0.3 is 5.73 Å². The topological polar surface area (TPSA) is 38.9 Å². The van der Waals surface area contributed by atoms with Crippen LogP contribution in [-0.2, 0) is 6.42 Å². The van der Waals surface area contributed by atoms with E-state index in [9.17, 15) is 0 Å². The molecule has 1 aromatic heterocycles. The summed E-state index contributed by atoms with van der Waals surface area (Å²) in [6.45, 7) is 0. The number of allylic oxidation sites excluding steroid dienone is 1. The molecule has 0 spiro atoms. The lowest BCUT2D eigenvalue weighted by Gasteiger charge is -2.08. The summed E-state index contributed by atoms with van der Waals surface area (Å²) in [4.78, 5) is 4.02. The number of hydrogen-bond acceptors (Lipinski definition) is 2. The number of anilines is 1. The van der Waals surface area contributed by atoms with Crippen molar-refractivity contribution in [3.05, 3.63) is 29.5 Å². The van der Waals surface area contributed by atoms with Gasteiger partial charge in [-0.2, -0.15) is 0 Å². The van der Waals surface area contributed by atoms with Crippen LogP contribution in [0.1, 0.15) is 17.5 Å². The minimum Gasteiger partial charge on any atom is -0.384 e. The van der Waals surface area contributed by atoms with E-state index < -0.39 is 0 Å². The summed E-state index contributed by atoms with van der Waals surface area (Å²) in [5, 5.41) is 0. The molecule has 0 saturated carbocycles. The summed E-state index contributed by atoms with van der Waals surface area (Å²) in [6.07, 6.45) is 8.32. The molecule has 0 aliphatic heterocycles. The molecular formula is C9H10N2. The van der Waals surface area contributed by atoms with E-state index in [1.807, 2.05) is 12.3 Å². The lowest BCUT2D eigenvalue weighted by molar-refractivity contribution is 0.979. The van der Waals surface area contributed by atoms with Gasteiger partial charge in [-0.15, -0.1) is 0 Å². The van der Waals surface area contributed by atoms with Gasteiger partial charge in [-0.05, 0) is 30.0 Å². The number of hydrogen-bond donors (Lipinski definition) is 1. The molecule has 0 atom stereocenters. The molecule has 0 unspecified atom stereocenters. The summed E-state index contributed by atoms with van der Waals surface area (Å²) < 4.78 is 0. The normalized spacial score (nSPS) is 14.5. The molecule has 2 nitrogen and oxygen atoms in total. The second-order valence-corrected chi connectivity index (χ2v) is 2.75. The van der Waals surface area contributed by atoms with Crippen molar-refractivity contribution in [2.45, 2.75) is 12.8 Å². The zero-order valence-electron chi connectivity index (χ0n) is 6.25. The van der Waals surface area contributed by atoms with Crippen LogP contribution < -0.4 is 5.73 Å². The van der Waals surface area contributed by atoms with Gasteiger partial charge in [0.05, 0.1) is 0 Å². The van der Waals surface area contributed by atoms with Gasteiger partial charge in [0, 0.05) is 6.20 Å². The minimum atomic E-state index is 0.624. The summed E-state index contributed by atoms with van der Waals surface area (Å²) >= 11 is 0. The maximum Gasteiger partial charge on any atom is 0.123 e. The standard InChI is InChI=1S/C9H10N2/c10-9-5-7-3-1-2-4-8(7)6-11-9/h2,4-6H,1,3H2,(H2,10,11). The van der Waals surface area contributed by atoms with E-state index in [0.29, 0.717) is 5.82 Å². The van der Waals surface area contributed by atoms with E-state index in [1.54, 1.807) is 0 Å². The van der Waals surface area contributed by atoms with E-state index in [2.05, 4.69) is 17.1 Å². The first-order valence-corrected chi connectivity index (χ1v) is 3.77. The maximum absolute atomic E-state index is 5.55. The van der Waals surface area contributed by atoms with Crippen molar-refractivity contribution < 1.29 is 0 Å². The highest BCUT2D eigenvalue weighted by Gasteiger charge is 2.03. The summed E-state index contributed by atoms with van der Waals surface area (Å²) in [7, 11) is 0. The van der Waals surface area contributed by atoms with Gasteiger partial charge in [-0.3, -0.25) is 0 Å². The monoisotopic (exact) mass is 146 g/mol. The van der Waals surface area contributed by atoms with Gasteiger partial charge >= 0.3 is 0 Å². The zero-order chi connectivity index (χ0) is 7.68. The lowest BCUT2D eigenvalue weighted by atomic mass is 10.00. The van der Waals surface area contributed by atoms with Crippen molar-refractivity contribution >= 4 is 11.9 Å². The first kappa shape index (κ1) is 6.40. The Morgan fingerprint density at radius 2 is 2.36 bits per heavy atom. The molecule has 11 heavy (non-hydrogen) atoms. The average molecular weight is 146 g/mol. The fourth-order valence-electron chi connectivity index (χ4n) is 1.34. The summed E-state index contributed by atoms with van der Waals surface area (Å²) in [5.74, 6) is 0.624. The summed E-state index contributed by atoms with van der Waals surface area (Å²) in [5.41, 5.74) is 8.08. The Balaban J connectivity index is 2.53. The molecule has 1 aromatic rings. The van der Waals surface area contributed by atoms with E-state index in [0.717, 1.165) is 12.8 Å². The maximum atomic E-state index is 5.55. The van der Waals surface area contributed by atoms with Crippen LogP contribution in [0.2, 0.25) is 0 Å². The van der Waals surface area contributed by atoms with Gasteiger partial charge in [0.2, 0.25) is 0 Å². The van der Waals surface area contributed by atoms with Crippen molar-refractivity contribution in [3.8, 4) is 0 Å². The average Bonchev–Trinajstić information content (AvgIpc) is 2.04. The SMILES string of the molecule is Nc1cc2c(cn1)C=CCC2. The van der Waals surface area contributed by atoms with Crippen LogP contribution in [0.3, 0.4) is 0 Å². The van der Waals surface area contributed by atoms with Crippen LogP contribution >= 0.6 is 0 Å². The Labute approximate surface area is 65.8 Å². The third-order valence-corrected chi connectivity index (χ3v) is 1.92. The molecule has 56 valence electrons. The Bertz CT molecular complexity index is 302. The fourth-order valence-corrected chi connectivity index (χ4v) is 1.34. The highest BCUT2D eigenvalue weighted by Crippen LogP contribution is 2.19. The summed E-state index contributed by atoms with van der Waals surface area (Å²) in [6, 6.07) is 1.96. The minimum absolute atomic E-state index is 0.624. The van der Waals surface area contributed by atoms with Crippen LogP contribution in [0.15, 0.2) is 18.3 Å². The number of nitrogens with two attached hydrogens (primary N) is 1. The van der Waals surface area contributed by atoms with E-state index >= 15 is 0 Å². The largest absolute Gasteiger partial charge is 0.384 e. The molecule has 2 heteroatoms. The zero-order valence-corrected chi connectivity index (χ0v) is 6.25. The Morgan fingerprint density at radius 3 is 3.27 bits per heavy atom. The Morgan fingerprint density at radius 1 is 1.45 bits per heavy atom. The van der Waals surface area contributed by atoms with Crippen LogP contribution in [0.25, 0.3) is 6.08 Å². The quantitative estimate of drug-likeness (QED) is 0.604. The van der Waals surface area contributed by atoms with Gasteiger partial charge in [-0.1, -0.05) is 12.2 Å². The van der Waals surface area contributed by atoms with E-state index in [1.165, 1.54) is 11.1 Å². The molecule has 1 heterocycles. The molecule has 1 aliphatic carbocycles. The highest BCUT2D eigenvalue weighted by molar-refractivity contribution is 5.57. The molecular weight excluding hydrogens is 136 g/mol. The number of rotatable bonds is 0. The number of nitrogens with zero attached hydrogens (tertiary/aromatic N) is 1. The van der Waals surface area contributed by atoms with E-state index in [4.69, 9.17) is 5.73 Å².